The molecule has 0 aromatic carbocycles. The first kappa shape index (κ1) is 14.0. The van der Waals surface area contributed by atoms with Crippen LogP contribution in [0.5, 0.6) is 6.01 Å². The fourth-order valence-electron chi connectivity index (χ4n) is 1.46. The van der Waals surface area contributed by atoms with Crippen molar-refractivity contribution < 1.29 is 9.26 Å². The number of rotatable bonds is 8. The van der Waals surface area contributed by atoms with E-state index in [9.17, 15) is 0 Å². The lowest BCUT2D eigenvalue weighted by molar-refractivity contribution is 0.312. The van der Waals surface area contributed by atoms with Crippen LogP contribution in [0, 0.1) is 0 Å². The molecule has 0 aliphatic heterocycles. The van der Waals surface area contributed by atoms with Gasteiger partial charge in [0.15, 0.2) is 5.82 Å². The summed E-state index contributed by atoms with van der Waals surface area (Å²) in [6.45, 7) is 5.64. The molecule has 9 heteroatoms. The van der Waals surface area contributed by atoms with Crippen LogP contribution in [0.15, 0.2) is 10.9 Å². The molecule has 2 rings (SSSR count). The fourth-order valence-corrected chi connectivity index (χ4v) is 1.46. The number of nitrogens with one attached hydrogen (secondary N) is 2. The zero-order valence-corrected chi connectivity index (χ0v) is 11.5. The summed E-state index contributed by atoms with van der Waals surface area (Å²) in [4.78, 5) is 16.5. The Morgan fingerprint density at radius 2 is 1.95 bits per heavy atom. The molecule has 2 aromatic rings. The van der Waals surface area contributed by atoms with Crippen LogP contribution in [0.25, 0.3) is 0 Å². The molecule has 0 saturated heterocycles. The molecule has 0 unspecified atom stereocenters. The minimum absolute atomic E-state index is 0.292. The van der Waals surface area contributed by atoms with E-state index in [0.29, 0.717) is 43.3 Å². The standard InChI is InChI=1S/C11H17N7O2/c1-3-12-9-15-10(17-11(16-9)19-4-2)13-6-5-8-14-7-20-18-8/h7H,3-6H2,1-2H3,(H2,12,13,15,16,17). The Bertz CT molecular complexity index is 493. The first-order chi connectivity index (χ1) is 9.81. The van der Waals surface area contributed by atoms with Crippen molar-refractivity contribution in [3.05, 3.63) is 12.2 Å². The zero-order valence-electron chi connectivity index (χ0n) is 11.5. The van der Waals surface area contributed by atoms with Crippen LogP contribution in [-0.2, 0) is 6.42 Å². The topological polar surface area (TPSA) is 111 Å². The third-order valence-electron chi connectivity index (χ3n) is 2.26. The second-order valence-electron chi connectivity index (χ2n) is 3.75. The van der Waals surface area contributed by atoms with Crippen molar-refractivity contribution in [3.63, 3.8) is 0 Å². The van der Waals surface area contributed by atoms with Crippen molar-refractivity contribution in [3.8, 4) is 6.01 Å². The maximum atomic E-state index is 5.30. The fraction of sp³-hybridized carbons (Fsp3) is 0.545. The van der Waals surface area contributed by atoms with Gasteiger partial charge >= 0.3 is 6.01 Å². The second kappa shape index (κ2) is 7.22. The highest BCUT2D eigenvalue weighted by Crippen LogP contribution is 2.11. The third-order valence-corrected chi connectivity index (χ3v) is 2.26. The first-order valence-corrected chi connectivity index (χ1v) is 6.43. The van der Waals surface area contributed by atoms with Gasteiger partial charge < -0.3 is 19.9 Å². The van der Waals surface area contributed by atoms with Crippen molar-refractivity contribution in [1.29, 1.82) is 0 Å². The lowest BCUT2D eigenvalue weighted by Gasteiger charge is -2.08. The van der Waals surface area contributed by atoms with E-state index in [2.05, 4.69) is 40.2 Å². The van der Waals surface area contributed by atoms with E-state index in [4.69, 9.17) is 4.74 Å². The molecule has 0 aliphatic carbocycles. The van der Waals surface area contributed by atoms with Gasteiger partial charge in [0.1, 0.15) is 0 Å². The molecule has 108 valence electrons. The average molecular weight is 279 g/mol. The summed E-state index contributed by atoms with van der Waals surface area (Å²) in [5.74, 6) is 1.56. The summed E-state index contributed by atoms with van der Waals surface area (Å²) in [6.07, 6.45) is 1.91. The predicted molar refractivity (Wildman–Crippen MR) is 71.7 cm³/mol. The highest BCUT2D eigenvalue weighted by Gasteiger charge is 2.07. The van der Waals surface area contributed by atoms with Gasteiger partial charge in [0.2, 0.25) is 18.3 Å². The Balaban J connectivity index is 1.97. The number of aromatic nitrogens is 5. The van der Waals surface area contributed by atoms with Crippen LogP contribution in [0.1, 0.15) is 19.7 Å². The first-order valence-electron chi connectivity index (χ1n) is 6.43. The molecule has 2 N–H and O–H groups in total. The quantitative estimate of drug-likeness (QED) is 0.722. The minimum atomic E-state index is 0.292. The predicted octanol–water partition coefficient (Wildman–Crippen LogP) is 0.740. The van der Waals surface area contributed by atoms with Gasteiger partial charge in [-0.25, -0.2) is 0 Å². The van der Waals surface area contributed by atoms with Crippen LogP contribution in [0.3, 0.4) is 0 Å². The lowest BCUT2D eigenvalue weighted by atomic mass is 10.4. The van der Waals surface area contributed by atoms with E-state index in [1.807, 2.05) is 13.8 Å². The largest absolute Gasteiger partial charge is 0.464 e. The normalized spacial score (nSPS) is 10.3. The summed E-state index contributed by atoms with van der Waals surface area (Å²) in [6, 6.07) is 0.292. The summed E-state index contributed by atoms with van der Waals surface area (Å²) >= 11 is 0. The van der Waals surface area contributed by atoms with Gasteiger partial charge in [0, 0.05) is 19.5 Å². The highest BCUT2D eigenvalue weighted by atomic mass is 16.5. The molecular weight excluding hydrogens is 262 g/mol. The third kappa shape index (κ3) is 4.04. The van der Waals surface area contributed by atoms with Gasteiger partial charge in [-0.3, -0.25) is 0 Å². The number of anilines is 2. The summed E-state index contributed by atoms with van der Waals surface area (Å²) < 4.78 is 9.96. The van der Waals surface area contributed by atoms with Crippen LogP contribution >= 0.6 is 0 Å². The van der Waals surface area contributed by atoms with Crippen LogP contribution in [-0.4, -0.2) is 44.8 Å². The van der Waals surface area contributed by atoms with Gasteiger partial charge in [0.25, 0.3) is 0 Å². The molecule has 2 heterocycles. The molecule has 0 atom stereocenters. The van der Waals surface area contributed by atoms with E-state index in [-0.39, 0.29) is 0 Å². The van der Waals surface area contributed by atoms with E-state index < -0.39 is 0 Å². The van der Waals surface area contributed by atoms with Crippen molar-refractivity contribution in [2.75, 3.05) is 30.3 Å². The van der Waals surface area contributed by atoms with E-state index >= 15 is 0 Å². The van der Waals surface area contributed by atoms with Gasteiger partial charge in [0.05, 0.1) is 6.61 Å². The zero-order chi connectivity index (χ0) is 14.2. The molecule has 0 saturated carbocycles. The molecule has 2 aromatic heterocycles. The van der Waals surface area contributed by atoms with Crippen LogP contribution < -0.4 is 15.4 Å². The van der Waals surface area contributed by atoms with E-state index in [1.165, 1.54) is 6.39 Å². The summed E-state index contributed by atoms with van der Waals surface area (Å²) in [7, 11) is 0. The smallest absolute Gasteiger partial charge is 0.323 e. The number of nitrogens with zero attached hydrogens (tertiary/aromatic N) is 5. The van der Waals surface area contributed by atoms with Crippen molar-refractivity contribution >= 4 is 11.9 Å². The Morgan fingerprint density at radius 3 is 2.60 bits per heavy atom. The Hall–Kier alpha value is -2.45. The Kier molecular flexibility index (Phi) is 5.04. The summed E-state index contributed by atoms with van der Waals surface area (Å²) in [5, 5.41) is 9.83. The molecule has 0 spiro atoms. The molecule has 0 bridgehead atoms. The monoisotopic (exact) mass is 279 g/mol. The molecule has 0 radical (unpaired) electrons. The number of ether oxygens (including phenoxy) is 1. The molecule has 0 aliphatic rings. The maximum absolute atomic E-state index is 5.30. The molecule has 9 nitrogen and oxygen atoms in total. The number of hydrogen-bond donors (Lipinski definition) is 2. The van der Waals surface area contributed by atoms with Gasteiger partial charge in [-0.15, -0.1) is 0 Å². The Labute approximate surface area is 116 Å². The average Bonchev–Trinajstić information content (AvgIpc) is 2.92. The molecule has 0 fully saturated rings. The molecule has 0 amide bonds. The summed E-state index contributed by atoms with van der Waals surface area (Å²) in [5.41, 5.74) is 0. The van der Waals surface area contributed by atoms with Crippen LogP contribution in [0.2, 0.25) is 0 Å². The van der Waals surface area contributed by atoms with Gasteiger partial charge in [-0.1, -0.05) is 5.16 Å². The van der Waals surface area contributed by atoms with Crippen molar-refractivity contribution in [1.82, 2.24) is 25.1 Å². The van der Waals surface area contributed by atoms with Crippen molar-refractivity contribution in [2.24, 2.45) is 0 Å². The minimum Gasteiger partial charge on any atom is -0.464 e. The maximum Gasteiger partial charge on any atom is 0.323 e. The van der Waals surface area contributed by atoms with Gasteiger partial charge in [-0.05, 0) is 13.8 Å². The molecular formula is C11H17N7O2. The Morgan fingerprint density at radius 1 is 1.15 bits per heavy atom. The highest BCUT2D eigenvalue weighted by molar-refractivity contribution is 5.35. The number of hydrogen-bond acceptors (Lipinski definition) is 9. The van der Waals surface area contributed by atoms with E-state index in [1.54, 1.807) is 0 Å². The molecule has 20 heavy (non-hydrogen) atoms. The van der Waals surface area contributed by atoms with Crippen molar-refractivity contribution in [2.45, 2.75) is 20.3 Å². The SMILES string of the molecule is CCNc1nc(NCCc2ncon2)nc(OCC)n1. The van der Waals surface area contributed by atoms with Gasteiger partial charge in [-0.2, -0.15) is 19.9 Å². The lowest BCUT2D eigenvalue weighted by Crippen LogP contribution is -2.13. The van der Waals surface area contributed by atoms with E-state index in [0.717, 1.165) is 6.54 Å². The second-order valence-corrected chi connectivity index (χ2v) is 3.75. The van der Waals surface area contributed by atoms with Crippen LogP contribution in [0.4, 0.5) is 11.9 Å².